The number of hydrogen-bond acceptors (Lipinski definition) is 5. The Morgan fingerprint density at radius 1 is 1.06 bits per heavy atom. The quantitative estimate of drug-likeness (QED) is 0.323. The average molecular weight is 469 g/mol. The monoisotopic (exact) mass is 468 g/mol. The molecule has 0 radical (unpaired) electrons. The molecule has 0 heterocycles. The lowest BCUT2D eigenvalue weighted by atomic mass is 10.00. The molecule has 0 aromatic heterocycles. The topological polar surface area (TPSA) is 102 Å². The molecule has 186 valence electrons. The van der Waals surface area contributed by atoms with Crippen LogP contribution in [0.2, 0.25) is 0 Å². The standard InChI is InChI=1S/C28H40N2O4/c1-20(29-18-27(33)24-11-12-26(32)25(16-24)19-31)13-22-9-6-10-23(14-22)15-28(34)30-17-21-7-4-2-3-5-8-21/h6,9-12,14,16,20-21,27,29,31-33H,2-5,7-8,13,15,17-19H2,1H3,(H,30,34)/t20-,27+/m1/s1. The van der Waals surface area contributed by atoms with Gasteiger partial charge in [0, 0.05) is 24.7 Å². The van der Waals surface area contributed by atoms with Crippen molar-refractivity contribution in [1.29, 1.82) is 0 Å². The van der Waals surface area contributed by atoms with E-state index in [4.69, 9.17) is 0 Å². The van der Waals surface area contributed by atoms with Crippen LogP contribution in [0.3, 0.4) is 0 Å². The smallest absolute Gasteiger partial charge is 0.224 e. The van der Waals surface area contributed by atoms with Crippen molar-refractivity contribution in [2.24, 2.45) is 5.92 Å². The summed E-state index contributed by atoms with van der Waals surface area (Å²) in [6, 6.07) is 13.1. The van der Waals surface area contributed by atoms with E-state index in [1.54, 1.807) is 12.1 Å². The fraction of sp³-hybridized carbons (Fsp3) is 0.536. The van der Waals surface area contributed by atoms with Gasteiger partial charge in [-0.25, -0.2) is 0 Å². The molecular weight excluding hydrogens is 428 g/mol. The van der Waals surface area contributed by atoms with Crippen LogP contribution in [0.4, 0.5) is 0 Å². The molecule has 6 nitrogen and oxygen atoms in total. The first kappa shape index (κ1) is 26.2. The van der Waals surface area contributed by atoms with E-state index >= 15 is 0 Å². The van der Waals surface area contributed by atoms with E-state index in [-0.39, 0.29) is 24.3 Å². The average Bonchev–Trinajstić information content (AvgIpc) is 3.11. The number of amides is 1. The maximum atomic E-state index is 12.5. The fourth-order valence-electron chi connectivity index (χ4n) is 4.74. The van der Waals surface area contributed by atoms with Crippen LogP contribution < -0.4 is 10.6 Å². The summed E-state index contributed by atoms with van der Waals surface area (Å²) >= 11 is 0. The van der Waals surface area contributed by atoms with Gasteiger partial charge in [-0.05, 0) is 60.9 Å². The largest absolute Gasteiger partial charge is 0.508 e. The van der Waals surface area contributed by atoms with Crippen molar-refractivity contribution in [2.45, 2.75) is 77.0 Å². The van der Waals surface area contributed by atoms with Crippen LogP contribution in [0.5, 0.6) is 5.75 Å². The lowest BCUT2D eigenvalue weighted by molar-refractivity contribution is -0.120. The van der Waals surface area contributed by atoms with E-state index in [2.05, 4.69) is 29.7 Å². The number of aliphatic hydroxyl groups excluding tert-OH is 2. The zero-order valence-electron chi connectivity index (χ0n) is 20.3. The first-order chi connectivity index (χ1) is 16.4. The van der Waals surface area contributed by atoms with Gasteiger partial charge in [-0.2, -0.15) is 0 Å². The van der Waals surface area contributed by atoms with Crippen molar-refractivity contribution < 1.29 is 20.1 Å². The van der Waals surface area contributed by atoms with Gasteiger partial charge >= 0.3 is 0 Å². The number of carbonyl (C=O) groups is 1. The van der Waals surface area contributed by atoms with Gasteiger partial charge in [0.2, 0.25) is 5.91 Å². The second kappa shape index (κ2) is 13.5. The highest BCUT2D eigenvalue weighted by molar-refractivity contribution is 5.78. The molecule has 6 heteroatoms. The van der Waals surface area contributed by atoms with Crippen LogP contribution in [-0.4, -0.2) is 40.4 Å². The zero-order valence-corrected chi connectivity index (χ0v) is 20.3. The normalized spacial score (nSPS) is 16.6. The molecule has 34 heavy (non-hydrogen) atoms. The summed E-state index contributed by atoms with van der Waals surface area (Å²) in [6.07, 6.45) is 8.11. The van der Waals surface area contributed by atoms with Gasteiger partial charge in [-0.3, -0.25) is 4.79 Å². The van der Waals surface area contributed by atoms with Crippen molar-refractivity contribution in [3.8, 4) is 5.75 Å². The van der Waals surface area contributed by atoms with Gasteiger partial charge < -0.3 is 26.0 Å². The summed E-state index contributed by atoms with van der Waals surface area (Å²) in [5, 5.41) is 36.0. The second-order valence-electron chi connectivity index (χ2n) is 9.73. The first-order valence-corrected chi connectivity index (χ1v) is 12.6. The summed E-state index contributed by atoms with van der Waals surface area (Å²) in [4.78, 5) is 12.5. The zero-order chi connectivity index (χ0) is 24.3. The number of carbonyl (C=O) groups excluding carboxylic acids is 1. The van der Waals surface area contributed by atoms with Gasteiger partial charge in [0.15, 0.2) is 0 Å². The Labute approximate surface area is 203 Å². The molecule has 1 aliphatic rings. The Kier molecular flexibility index (Phi) is 10.4. The minimum absolute atomic E-state index is 0.0257. The minimum Gasteiger partial charge on any atom is -0.508 e. The molecule has 5 N–H and O–H groups in total. The van der Waals surface area contributed by atoms with Crippen LogP contribution in [-0.2, 0) is 24.2 Å². The number of nitrogens with one attached hydrogen (secondary N) is 2. The minimum atomic E-state index is -0.739. The van der Waals surface area contributed by atoms with Crippen LogP contribution in [0, 0.1) is 5.92 Å². The van der Waals surface area contributed by atoms with Crippen molar-refractivity contribution >= 4 is 5.91 Å². The Morgan fingerprint density at radius 2 is 1.79 bits per heavy atom. The number of aliphatic hydroxyl groups is 2. The lowest BCUT2D eigenvalue weighted by Gasteiger charge is -2.18. The summed E-state index contributed by atoms with van der Waals surface area (Å²) in [5.74, 6) is 0.737. The summed E-state index contributed by atoms with van der Waals surface area (Å²) < 4.78 is 0. The molecule has 1 saturated carbocycles. The molecule has 1 aliphatic carbocycles. The number of benzene rings is 2. The molecular formula is C28H40N2O4. The molecule has 0 bridgehead atoms. The van der Waals surface area contributed by atoms with Crippen molar-refractivity contribution in [3.05, 3.63) is 64.7 Å². The number of hydrogen-bond donors (Lipinski definition) is 5. The van der Waals surface area contributed by atoms with E-state index < -0.39 is 6.10 Å². The molecule has 3 rings (SSSR count). The highest BCUT2D eigenvalue weighted by Gasteiger charge is 2.15. The third-order valence-electron chi connectivity index (χ3n) is 6.78. The SMILES string of the molecule is C[C@H](Cc1cccc(CC(=O)NCC2CCCCCC2)c1)NC[C@H](O)c1ccc(O)c(CO)c1. The van der Waals surface area contributed by atoms with E-state index in [1.165, 1.54) is 44.6 Å². The van der Waals surface area contributed by atoms with Gasteiger partial charge in [-0.15, -0.1) is 0 Å². The maximum absolute atomic E-state index is 12.5. The van der Waals surface area contributed by atoms with Crippen molar-refractivity contribution in [3.63, 3.8) is 0 Å². The Morgan fingerprint density at radius 3 is 2.53 bits per heavy atom. The van der Waals surface area contributed by atoms with E-state index in [1.807, 2.05) is 12.1 Å². The molecule has 2 aromatic rings. The molecule has 1 fully saturated rings. The van der Waals surface area contributed by atoms with Gasteiger partial charge in [0.1, 0.15) is 5.75 Å². The molecule has 1 amide bonds. The second-order valence-corrected chi connectivity index (χ2v) is 9.73. The number of phenols is 1. The highest BCUT2D eigenvalue weighted by Crippen LogP contribution is 2.23. The summed E-state index contributed by atoms with van der Waals surface area (Å²) in [7, 11) is 0. The predicted molar refractivity (Wildman–Crippen MR) is 135 cm³/mol. The molecule has 0 aliphatic heterocycles. The van der Waals surface area contributed by atoms with Crippen LogP contribution in [0.1, 0.15) is 73.8 Å². The van der Waals surface area contributed by atoms with E-state index in [0.717, 1.165) is 24.1 Å². The molecule has 0 spiro atoms. The van der Waals surface area contributed by atoms with Gasteiger partial charge in [-0.1, -0.05) is 56.0 Å². The third kappa shape index (κ3) is 8.42. The lowest BCUT2D eigenvalue weighted by Crippen LogP contribution is -2.32. The first-order valence-electron chi connectivity index (χ1n) is 12.6. The maximum Gasteiger partial charge on any atom is 0.224 e. The van der Waals surface area contributed by atoms with Crippen LogP contribution in [0.25, 0.3) is 0 Å². The Balaban J connectivity index is 1.44. The summed E-state index contributed by atoms with van der Waals surface area (Å²) in [6.45, 7) is 2.95. The van der Waals surface area contributed by atoms with Gasteiger partial charge in [0.25, 0.3) is 0 Å². The Bertz CT molecular complexity index is 909. The van der Waals surface area contributed by atoms with Gasteiger partial charge in [0.05, 0.1) is 19.1 Å². The number of rotatable bonds is 11. The number of aromatic hydroxyl groups is 1. The fourth-order valence-corrected chi connectivity index (χ4v) is 4.74. The van der Waals surface area contributed by atoms with Crippen molar-refractivity contribution in [2.75, 3.05) is 13.1 Å². The van der Waals surface area contributed by atoms with Crippen LogP contribution >= 0.6 is 0 Å². The molecule has 0 saturated heterocycles. The molecule has 2 atom stereocenters. The molecule has 2 aromatic carbocycles. The van der Waals surface area contributed by atoms with E-state index in [9.17, 15) is 20.1 Å². The van der Waals surface area contributed by atoms with Crippen molar-refractivity contribution in [1.82, 2.24) is 10.6 Å². The predicted octanol–water partition coefficient (Wildman–Crippen LogP) is 3.77. The Hall–Kier alpha value is -2.41. The summed E-state index contributed by atoms with van der Waals surface area (Å²) in [5.41, 5.74) is 3.22. The van der Waals surface area contributed by atoms with E-state index in [0.29, 0.717) is 30.0 Å². The molecule has 0 unspecified atom stereocenters. The highest BCUT2D eigenvalue weighted by atomic mass is 16.3. The van der Waals surface area contributed by atoms with Crippen LogP contribution in [0.15, 0.2) is 42.5 Å². The third-order valence-corrected chi connectivity index (χ3v) is 6.78.